The van der Waals surface area contributed by atoms with Gasteiger partial charge in [-0.2, -0.15) is 17.9 Å². The average molecular weight is 450 g/mol. The normalized spacial score (nSPS) is 14.1. The van der Waals surface area contributed by atoms with Crippen LogP contribution in [0.4, 0.5) is 19.1 Å². The number of aryl methyl sites for hydroxylation is 2. The molecule has 0 atom stereocenters. The second-order valence-corrected chi connectivity index (χ2v) is 6.94. The first-order chi connectivity index (χ1) is 17.2. The Labute approximate surface area is 186 Å². The largest absolute Gasteiger partial charge is 0.428 e. The predicted molar refractivity (Wildman–Crippen MR) is 110 cm³/mol. The number of aliphatic hydroxyl groups excluding tert-OH is 1. The van der Waals surface area contributed by atoms with Gasteiger partial charge in [0, 0.05) is 11.3 Å². The Morgan fingerprint density at radius 1 is 1.22 bits per heavy atom. The van der Waals surface area contributed by atoms with Crippen molar-refractivity contribution in [2.45, 2.75) is 32.7 Å². The Bertz CT molecular complexity index is 1590. The molecule has 11 heteroatoms. The number of rotatable bonds is 5. The molecule has 8 nitrogen and oxygen atoms in total. The second kappa shape index (κ2) is 8.08. The summed E-state index contributed by atoms with van der Waals surface area (Å²) in [6.45, 7) is 0.379. The predicted octanol–water partition coefficient (Wildman–Crippen LogP) is 2.37. The third-order valence-corrected chi connectivity index (χ3v) is 4.63. The van der Waals surface area contributed by atoms with E-state index in [1.807, 2.05) is 0 Å². The smallest absolute Gasteiger partial charge is 0.390 e. The fourth-order valence-electron chi connectivity index (χ4n) is 3.33. The first-order valence-corrected chi connectivity index (χ1v) is 9.32. The molecule has 166 valence electrons. The van der Waals surface area contributed by atoms with Crippen LogP contribution in [0.5, 0.6) is 0 Å². The highest BCUT2D eigenvalue weighted by atomic mass is 19.4. The number of fused-ring (bicyclic) bond motifs is 1. The zero-order chi connectivity index (χ0) is 27.4. The van der Waals surface area contributed by atoms with Gasteiger partial charge in [-0.1, -0.05) is 30.2 Å². The number of anilines is 1. The average Bonchev–Trinajstić information content (AvgIpc) is 3.16. The number of nitrogens with one attached hydrogen (secondary N) is 1. The van der Waals surface area contributed by atoms with Crippen LogP contribution in [0.25, 0.3) is 28.0 Å². The number of benzene rings is 1. The van der Waals surface area contributed by atoms with Gasteiger partial charge in [0.1, 0.15) is 5.69 Å². The number of pyridine rings is 1. The minimum absolute atomic E-state index is 0.00999. The van der Waals surface area contributed by atoms with Crippen molar-refractivity contribution in [2.24, 2.45) is 0 Å². The fourth-order valence-corrected chi connectivity index (χ4v) is 3.33. The minimum Gasteiger partial charge on any atom is -0.390 e. The van der Waals surface area contributed by atoms with Gasteiger partial charge in [0.15, 0.2) is 0 Å². The first-order valence-electron chi connectivity index (χ1n) is 11.8. The van der Waals surface area contributed by atoms with Gasteiger partial charge in [0.05, 0.1) is 37.7 Å². The first kappa shape index (κ1) is 16.0. The minimum atomic E-state index is -4.55. The fraction of sp³-hybridized carbons (Fsp3) is 0.238. The van der Waals surface area contributed by atoms with Crippen LogP contribution in [0.15, 0.2) is 47.1 Å². The molecule has 32 heavy (non-hydrogen) atoms. The molecule has 1 aromatic carbocycles. The number of H-pyrrole nitrogens is 1. The van der Waals surface area contributed by atoms with E-state index in [1.165, 1.54) is 12.1 Å². The number of alkyl halides is 3. The van der Waals surface area contributed by atoms with Gasteiger partial charge < -0.3 is 10.8 Å². The molecule has 0 aliphatic rings. The van der Waals surface area contributed by atoms with E-state index >= 15 is 0 Å². The standard InChI is InChI=1S/C21H19F3N6O2/c1-12-9-14(10-15(11-31)26-12)16-17(13-5-3-2-4-6-13)27-19(25)30-18(16)28-29(20(30)32)8-7-21(22,23)24/h2-6,9-10,31H,7-8,11H2,1H3,(H2,25,26,27,28)/p+1/i2D,3D,4D,5D,6D. The molecule has 4 N–H and O–H groups in total. The van der Waals surface area contributed by atoms with E-state index in [2.05, 4.69) is 15.1 Å². The van der Waals surface area contributed by atoms with Crippen LogP contribution < -0.4 is 15.8 Å². The molecule has 0 spiro atoms. The third-order valence-electron chi connectivity index (χ3n) is 4.63. The summed E-state index contributed by atoms with van der Waals surface area (Å²) < 4.78 is 80.9. The Hall–Kier alpha value is -3.73. The molecule has 0 radical (unpaired) electrons. The number of hydrogen-bond acceptors (Lipinski definition) is 5. The number of hydrogen-bond donors (Lipinski definition) is 3. The van der Waals surface area contributed by atoms with E-state index in [1.54, 1.807) is 6.92 Å². The molecule has 0 aliphatic heterocycles. The van der Waals surface area contributed by atoms with Crippen molar-refractivity contribution in [1.29, 1.82) is 0 Å². The maximum Gasteiger partial charge on any atom is 0.428 e. The summed E-state index contributed by atoms with van der Waals surface area (Å²) in [5, 5.41) is 12.3. The molecule has 3 aromatic heterocycles. The molecule has 3 heterocycles. The molecule has 0 fully saturated rings. The van der Waals surface area contributed by atoms with Crippen molar-refractivity contribution in [3.63, 3.8) is 0 Å². The number of aromatic nitrogens is 5. The van der Waals surface area contributed by atoms with Gasteiger partial charge >= 0.3 is 17.8 Å². The summed E-state index contributed by atoms with van der Waals surface area (Å²) in [5.41, 5.74) is 5.28. The molecule has 4 rings (SSSR count). The lowest BCUT2D eigenvalue weighted by molar-refractivity contribution is -0.516. The molecule has 0 aliphatic carbocycles. The van der Waals surface area contributed by atoms with E-state index in [4.69, 9.17) is 12.6 Å². The van der Waals surface area contributed by atoms with Crippen LogP contribution in [-0.2, 0) is 13.2 Å². The Morgan fingerprint density at radius 2 is 1.94 bits per heavy atom. The van der Waals surface area contributed by atoms with Crippen molar-refractivity contribution >= 4 is 11.6 Å². The van der Waals surface area contributed by atoms with Crippen molar-refractivity contribution in [2.75, 3.05) is 5.73 Å². The number of aromatic amines is 1. The molecular weight excluding hydrogens is 425 g/mol. The van der Waals surface area contributed by atoms with Gasteiger partial charge in [-0.3, -0.25) is 4.98 Å². The number of halogens is 3. The molecule has 0 saturated heterocycles. The van der Waals surface area contributed by atoms with Gasteiger partial charge in [0.25, 0.3) is 0 Å². The monoisotopic (exact) mass is 450 g/mol. The summed E-state index contributed by atoms with van der Waals surface area (Å²) in [6.07, 6.45) is -5.87. The quantitative estimate of drug-likeness (QED) is 0.404. The Balaban J connectivity index is 2.17. The summed E-state index contributed by atoms with van der Waals surface area (Å²) in [7, 11) is 0. The zero-order valence-electron chi connectivity index (χ0n) is 21.6. The van der Waals surface area contributed by atoms with Crippen molar-refractivity contribution in [3.8, 4) is 22.4 Å². The second-order valence-electron chi connectivity index (χ2n) is 6.94. The van der Waals surface area contributed by atoms with E-state index in [-0.39, 0.29) is 33.7 Å². The maximum atomic E-state index is 13.0. The highest BCUT2D eigenvalue weighted by molar-refractivity contribution is 5.88. The highest BCUT2D eigenvalue weighted by Crippen LogP contribution is 2.33. The Morgan fingerprint density at radius 3 is 2.59 bits per heavy atom. The molecule has 0 saturated carbocycles. The third kappa shape index (κ3) is 4.06. The van der Waals surface area contributed by atoms with E-state index in [0.717, 1.165) is 4.40 Å². The van der Waals surface area contributed by atoms with Crippen molar-refractivity contribution < 1.29 is 29.5 Å². The molecule has 4 aromatic rings. The van der Waals surface area contributed by atoms with Crippen LogP contribution >= 0.6 is 0 Å². The lowest BCUT2D eigenvalue weighted by Gasteiger charge is -2.10. The number of nitrogens with two attached hydrogens (primary N) is 1. The van der Waals surface area contributed by atoms with E-state index < -0.39 is 67.6 Å². The summed E-state index contributed by atoms with van der Waals surface area (Å²) in [5.74, 6) is -0.485. The van der Waals surface area contributed by atoms with Gasteiger partial charge in [-0.25, -0.2) is 9.89 Å². The van der Waals surface area contributed by atoms with E-state index in [9.17, 15) is 23.1 Å². The molecular formula is C21H20F3N6O2+. The number of nitrogen functional groups attached to an aromatic ring is 1. The lowest BCUT2D eigenvalue weighted by atomic mass is 9.99. The Kier molecular flexibility index (Phi) is 4.03. The van der Waals surface area contributed by atoms with Crippen LogP contribution in [0.2, 0.25) is 0 Å². The van der Waals surface area contributed by atoms with Gasteiger partial charge in [0.2, 0.25) is 5.65 Å². The van der Waals surface area contributed by atoms with Crippen molar-refractivity contribution in [3.05, 3.63) is 64.2 Å². The van der Waals surface area contributed by atoms with Crippen LogP contribution in [0.3, 0.4) is 0 Å². The summed E-state index contributed by atoms with van der Waals surface area (Å²) in [4.78, 5) is 21.3. The van der Waals surface area contributed by atoms with Gasteiger partial charge in [-0.15, -0.1) is 9.38 Å². The van der Waals surface area contributed by atoms with Gasteiger partial charge in [-0.05, 0) is 24.6 Å². The number of nitrogens with zero attached hydrogens (tertiary/aromatic N) is 4. The maximum absolute atomic E-state index is 13.0. The zero-order valence-corrected chi connectivity index (χ0v) is 16.6. The molecule has 0 amide bonds. The van der Waals surface area contributed by atoms with Crippen LogP contribution in [0.1, 0.15) is 24.7 Å². The van der Waals surface area contributed by atoms with Crippen molar-refractivity contribution in [1.82, 2.24) is 19.7 Å². The van der Waals surface area contributed by atoms with Crippen LogP contribution in [0, 0.1) is 6.92 Å². The van der Waals surface area contributed by atoms with E-state index in [0.29, 0.717) is 10.4 Å². The highest BCUT2D eigenvalue weighted by Gasteiger charge is 2.30. The lowest BCUT2D eigenvalue weighted by Crippen LogP contribution is -2.44. The topological polar surface area (TPSA) is 114 Å². The molecule has 0 unspecified atom stereocenters. The molecule has 0 bridgehead atoms. The number of aliphatic hydroxyl groups is 1. The summed E-state index contributed by atoms with van der Waals surface area (Å²) >= 11 is 0. The summed E-state index contributed by atoms with van der Waals surface area (Å²) in [6, 6.07) is -0.189. The SMILES string of the molecule is [2H]c1c([2H])c([2H])c(-c2nc(N)[n+]3c(=O)n(CCC(F)(F)F)[nH]c3c2-c2cc(C)nc(CO)c2)c([2H])c1[2H]. The van der Waals surface area contributed by atoms with Crippen LogP contribution in [-0.4, -0.2) is 31.0 Å².